The number of benzene rings is 1. The van der Waals surface area contributed by atoms with Crippen LogP contribution < -0.4 is 5.32 Å². The zero-order valence-electron chi connectivity index (χ0n) is 8.54. The summed E-state index contributed by atoms with van der Waals surface area (Å²) in [6.45, 7) is 1.95. The molecule has 15 heavy (non-hydrogen) atoms. The van der Waals surface area contributed by atoms with Crippen molar-refractivity contribution in [1.29, 1.82) is 0 Å². The normalized spacial score (nSPS) is 10.3. The van der Waals surface area contributed by atoms with Gasteiger partial charge >= 0.3 is 0 Å². The van der Waals surface area contributed by atoms with E-state index in [4.69, 9.17) is 0 Å². The van der Waals surface area contributed by atoms with Crippen LogP contribution >= 0.6 is 11.3 Å². The van der Waals surface area contributed by atoms with Gasteiger partial charge in [0.15, 0.2) is 5.13 Å². The van der Waals surface area contributed by atoms with E-state index in [0.717, 1.165) is 21.3 Å². The van der Waals surface area contributed by atoms with Crippen LogP contribution in [0.4, 0.5) is 9.52 Å². The number of aryl methyl sites for hydroxylation is 1. The fourth-order valence-electron chi connectivity index (χ4n) is 1.37. The molecule has 0 amide bonds. The predicted molar refractivity (Wildman–Crippen MR) is 61.8 cm³/mol. The lowest BCUT2D eigenvalue weighted by molar-refractivity contribution is 0.628. The summed E-state index contributed by atoms with van der Waals surface area (Å²) in [5, 5.41) is 3.88. The Bertz CT molecular complexity index is 462. The summed E-state index contributed by atoms with van der Waals surface area (Å²) in [5.41, 5.74) is 1.98. The van der Waals surface area contributed by atoms with Crippen LogP contribution in [0.15, 0.2) is 24.3 Å². The number of halogens is 1. The molecule has 1 heterocycles. The molecular weight excluding hydrogens is 211 g/mol. The Labute approximate surface area is 91.8 Å². The van der Waals surface area contributed by atoms with Gasteiger partial charge in [0.2, 0.25) is 0 Å². The standard InChI is InChI=1S/C11H11FN2S/c1-7-10(15-11(13-2)14-7)8-3-5-9(12)6-4-8/h3-6H,1-2H3,(H,13,14). The Morgan fingerprint density at radius 3 is 2.47 bits per heavy atom. The number of thiazole rings is 1. The highest BCUT2D eigenvalue weighted by molar-refractivity contribution is 7.19. The van der Waals surface area contributed by atoms with E-state index in [-0.39, 0.29) is 5.82 Å². The first kappa shape index (κ1) is 10.1. The molecule has 1 N–H and O–H groups in total. The van der Waals surface area contributed by atoms with E-state index in [1.54, 1.807) is 23.5 Å². The van der Waals surface area contributed by atoms with Crippen LogP contribution in [-0.4, -0.2) is 12.0 Å². The molecule has 0 unspecified atom stereocenters. The molecule has 0 aliphatic heterocycles. The van der Waals surface area contributed by atoms with E-state index in [1.807, 2.05) is 14.0 Å². The highest BCUT2D eigenvalue weighted by atomic mass is 32.1. The predicted octanol–water partition coefficient (Wildman–Crippen LogP) is 3.30. The Hall–Kier alpha value is -1.42. The average molecular weight is 222 g/mol. The van der Waals surface area contributed by atoms with Gasteiger partial charge in [0.05, 0.1) is 10.6 Å². The Balaban J connectivity index is 2.44. The van der Waals surface area contributed by atoms with Gasteiger partial charge in [0, 0.05) is 7.05 Å². The third kappa shape index (κ3) is 1.99. The van der Waals surface area contributed by atoms with Crippen LogP contribution in [0.1, 0.15) is 5.69 Å². The van der Waals surface area contributed by atoms with Crippen LogP contribution in [0, 0.1) is 12.7 Å². The summed E-state index contributed by atoms with van der Waals surface area (Å²) in [5.74, 6) is -0.213. The van der Waals surface area contributed by atoms with Crippen molar-refractivity contribution in [3.8, 4) is 10.4 Å². The molecule has 78 valence electrons. The van der Waals surface area contributed by atoms with E-state index in [0.29, 0.717) is 0 Å². The number of anilines is 1. The fraction of sp³-hybridized carbons (Fsp3) is 0.182. The second-order valence-electron chi connectivity index (χ2n) is 3.19. The monoisotopic (exact) mass is 222 g/mol. The topological polar surface area (TPSA) is 24.9 Å². The molecule has 2 rings (SSSR count). The maximum atomic E-state index is 12.7. The minimum atomic E-state index is -0.213. The zero-order valence-corrected chi connectivity index (χ0v) is 9.36. The molecule has 0 aliphatic carbocycles. The molecule has 0 atom stereocenters. The minimum absolute atomic E-state index is 0.213. The first-order valence-corrected chi connectivity index (χ1v) is 5.43. The Morgan fingerprint density at radius 1 is 1.27 bits per heavy atom. The molecule has 1 aromatic carbocycles. The van der Waals surface area contributed by atoms with Crippen molar-refractivity contribution in [2.24, 2.45) is 0 Å². The second-order valence-corrected chi connectivity index (χ2v) is 4.19. The van der Waals surface area contributed by atoms with Crippen molar-refractivity contribution in [3.63, 3.8) is 0 Å². The smallest absolute Gasteiger partial charge is 0.183 e. The van der Waals surface area contributed by atoms with Gasteiger partial charge in [-0.15, -0.1) is 0 Å². The van der Waals surface area contributed by atoms with Gasteiger partial charge < -0.3 is 5.32 Å². The van der Waals surface area contributed by atoms with Crippen molar-refractivity contribution >= 4 is 16.5 Å². The molecule has 0 radical (unpaired) electrons. The van der Waals surface area contributed by atoms with Gasteiger partial charge in [0.1, 0.15) is 5.82 Å². The van der Waals surface area contributed by atoms with Gasteiger partial charge in [-0.2, -0.15) is 0 Å². The number of nitrogens with one attached hydrogen (secondary N) is 1. The lowest BCUT2D eigenvalue weighted by atomic mass is 10.1. The molecule has 2 aromatic rings. The first-order valence-electron chi connectivity index (χ1n) is 4.62. The maximum Gasteiger partial charge on any atom is 0.183 e. The largest absolute Gasteiger partial charge is 0.365 e. The van der Waals surface area contributed by atoms with Crippen molar-refractivity contribution in [1.82, 2.24) is 4.98 Å². The third-order valence-corrected chi connectivity index (χ3v) is 3.34. The first-order chi connectivity index (χ1) is 7.20. The summed E-state index contributed by atoms with van der Waals surface area (Å²) >= 11 is 1.57. The Kier molecular flexibility index (Phi) is 2.68. The summed E-state index contributed by atoms with van der Waals surface area (Å²) in [4.78, 5) is 5.42. The van der Waals surface area contributed by atoms with Crippen LogP contribution in [0.2, 0.25) is 0 Å². The lowest BCUT2D eigenvalue weighted by Gasteiger charge is -1.97. The molecule has 0 saturated heterocycles. The number of nitrogens with zero attached hydrogens (tertiary/aromatic N) is 1. The number of rotatable bonds is 2. The second kappa shape index (κ2) is 3.98. The summed E-state index contributed by atoms with van der Waals surface area (Å²) < 4.78 is 12.7. The van der Waals surface area contributed by atoms with E-state index >= 15 is 0 Å². The summed E-state index contributed by atoms with van der Waals surface area (Å²) in [6.07, 6.45) is 0. The van der Waals surface area contributed by atoms with Crippen LogP contribution in [-0.2, 0) is 0 Å². The van der Waals surface area contributed by atoms with E-state index in [2.05, 4.69) is 10.3 Å². The van der Waals surface area contributed by atoms with Gasteiger partial charge in [-0.05, 0) is 24.6 Å². The molecule has 0 saturated carbocycles. The molecule has 0 fully saturated rings. The maximum absolute atomic E-state index is 12.7. The van der Waals surface area contributed by atoms with Crippen molar-refractivity contribution in [2.75, 3.05) is 12.4 Å². The van der Waals surface area contributed by atoms with Gasteiger partial charge in [-0.1, -0.05) is 23.5 Å². The highest BCUT2D eigenvalue weighted by Crippen LogP contribution is 2.32. The van der Waals surface area contributed by atoms with E-state index in [9.17, 15) is 4.39 Å². The quantitative estimate of drug-likeness (QED) is 0.843. The molecule has 0 bridgehead atoms. The number of aromatic nitrogens is 1. The van der Waals surface area contributed by atoms with Crippen LogP contribution in [0.5, 0.6) is 0 Å². The van der Waals surface area contributed by atoms with Crippen molar-refractivity contribution in [3.05, 3.63) is 35.8 Å². The minimum Gasteiger partial charge on any atom is -0.365 e. The molecule has 2 nitrogen and oxygen atoms in total. The summed E-state index contributed by atoms with van der Waals surface area (Å²) in [6, 6.07) is 6.48. The van der Waals surface area contributed by atoms with Gasteiger partial charge in [0.25, 0.3) is 0 Å². The molecular formula is C11H11FN2S. The summed E-state index contributed by atoms with van der Waals surface area (Å²) in [7, 11) is 1.84. The average Bonchev–Trinajstić information content (AvgIpc) is 2.61. The fourth-order valence-corrected chi connectivity index (χ4v) is 2.30. The van der Waals surface area contributed by atoms with Gasteiger partial charge in [-0.25, -0.2) is 9.37 Å². The van der Waals surface area contributed by atoms with Crippen LogP contribution in [0.25, 0.3) is 10.4 Å². The third-order valence-electron chi connectivity index (χ3n) is 2.12. The van der Waals surface area contributed by atoms with Crippen LogP contribution in [0.3, 0.4) is 0 Å². The molecule has 0 aliphatic rings. The SMILES string of the molecule is CNc1nc(C)c(-c2ccc(F)cc2)s1. The molecule has 1 aromatic heterocycles. The van der Waals surface area contributed by atoms with Crippen molar-refractivity contribution < 1.29 is 4.39 Å². The van der Waals surface area contributed by atoms with E-state index < -0.39 is 0 Å². The highest BCUT2D eigenvalue weighted by Gasteiger charge is 2.08. The molecule has 0 spiro atoms. The Morgan fingerprint density at radius 2 is 1.93 bits per heavy atom. The molecule has 4 heteroatoms. The van der Waals surface area contributed by atoms with Gasteiger partial charge in [-0.3, -0.25) is 0 Å². The zero-order chi connectivity index (χ0) is 10.8. The number of hydrogen-bond donors (Lipinski definition) is 1. The van der Waals surface area contributed by atoms with Crippen molar-refractivity contribution in [2.45, 2.75) is 6.92 Å². The number of hydrogen-bond acceptors (Lipinski definition) is 3. The van der Waals surface area contributed by atoms with E-state index in [1.165, 1.54) is 12.1 Å². The lowest BCUT2D eigenvalue weighted by Crippen LogP contribution is -1.84.